The lowest BCUT2D eigenvalue weighted by Gasteiger charge is -2.16. The second-order valence-electron chi connectivity index (χ2n) is 4.41. The molecular weight excluding hydrogens is 226 g/mol. The van der Waals surface area contributed by atoms with Gasteiger partial charge in [-0.05, 0) is 24.9 Å². The van der Waals surface area contributed by atoms with E-state index in [1.165, 1.54) is 12.7 Å². The van der Waals surface area contributed by atoms with Gasteiger partial charge in [0.15, 0.2) is 0 Å². The molecule has 0 heterocycles. The molecule has 0 aliphatic heterocycles. The van der Waals surface area contributed by atoms with E-state index >= 15 is 0 Å². The summed E-state index contributed by atoms with van der Waals surface area (Å²) in [6, 6.07) is 10.1. The van der Waals surface area contributed by atoms with E-state index in [1.54, 1.807) is 0 Å². The maximum atomic E-state index is 11.6. The van der Waals surface area contributed by atoms with Crippen molar-refractivity contribution in [3.63, 3.8) is 0 Å². The predicted molar refractivity (Wildman–Crippen MR) is 73.5 cm³/mol. The summed E-state index contributed by atoms with van der Waals surface area (Å²) in [4.78, 5) is 11.6. The van der Waals surface area contributed by atoms with Crippen molar-refractivity contribution in [1.29, 1.82) is 0 Å². The molecule has 0 aliphatic carbocycles. The molecule has 0 saturated heterocycles. The van der Waals surface area contributed by atoms with E-state index in [0.717, 1.165) is 32.2 Å². The Balaban J connectivity index is 2.35. The zero-order valence-corrected chi connectivity index (χ0v) is 11.3. The Morgan fingerprint density at radius 3 is 2.67 bits per heavy atom. The number of hydrogen-bond acceptors (Lipinski definition) is 3. The van der Waals surface area contributed by atoms with E-state index in [1.807, 2.05) is 18.2 Å². The van der Waals surface area contributed by atoms with Crippen molar-refractivity contribution in [2.24, 2.45) is 0 Å². The maximum absolute atomic E-state index is 11.6. The van der Waals surface area contributed by atoms with Gasteiger partial charge in [0.05, 0.1) is 7.11 Å². The van der Waals surface area contributed by atoms with Gasteiger partial charge >= 0.3 is 5.97 Å². The van der Waals surface area contributed by atoms with Crippen LogP contribution < -0.4 is 5.32 Å². The molecular formula is C15H23NO2. The Morgan fingerprint density at radius 2 is 2.06 bits per heavy atom. The third-order valence-corrected chi connectivity index (χ3v) is 2.98. The minimum Gasteiger partial charge on any atom is -0.468 e. The molecule has 0 spiro atoms. The van der Waals surface area contributed by atoms with E-state index < -0.39 is 0 Å². The van der Waals surface area contributed by atoms with E-state index in [-0.39, 0.29) is 12.0 Å². The van der Waals surface area contributed by atoms with Gasteiger partial charge in [0.2, 0.25) is 0 Å². The highest BCUT2D eigenvalue weighted by molar-refractivity contribution is 5.75. The molecule has 0 aliphatic rings. The van der Waals surface area contributed by atoms with Crippen molar-refractivity contribution >= 4 is 5.97 Å². The molecule has 100 valence electrons. The third-order valence-electron chi connectivity index (χ3n) is 2.98. The summed E-state index contributed by atoms with van der Waals surface area (Å²) in [5, 5.41) is 3.28. The molecule has 3 heteroatoms. The van der Waals surface area contributed by atoms with Crippen molar-refractivity contribution in [2.45, 2.75) is 38.6 Å². The van der Waals surface area contributed by atoms with E-state index in [0.29, 0.717) is 0 Å². The van der Waals surface area contributed by atoms with Crippen LogP contribution in [-0.2, 0) is 16.0 Å². The zero-order chi connectivity index (χ0) is 13.2. The first-order valence-corrected chi connectivity index (χ1v) is 6.63. The third kappa shape index (κ3) is 5.32. The summed E-state index contributed by atoms with van der Waals surface area (Å²) in [5.41, 5.74) is 1.28. The van der Waals surface area contributed by atoms with Crippen molar-refractivity contribution in [3.8, 4) is 0 Å². The van der Waals surface area contributed by atoms with Gasteiger partial charge in [-0.25, -0.2) is 0 Å². The fraction of sp³-hybridized carbons (Fsp3) is 0.533. The van der Waals surface area contributed by atoms with Gasteiger partial charge in [0.1, 0.15) is 6.04 Å². The van der Waals surface area contributed by atoms with Crippen LogP contribution in [-0.4, -0.2) is 25.7 Å². The summed E-state index contributed by atoms with van der Waals surface area (Å²) in [5.74, 6) is -0.156. The van der Waals surface area contributed by atoms with Crippen LogP contribution in [0.5, 0.6) is 0 Å². The molecule has 18 heavy (non-hydrogen) atoms. The normalized spacial score (nSPS) is 12.1. The number of rotatable bonds is 8. The van der Waals surface area contributed by atoms with Crippen molar-refractivity contribution in [3.05, 3.63) is 35.9 Å². The first kappa shape index (κ1) is 14.7. The van der Waals surface area contributed by atoms with Crippen molar-refractivity contribution in [2.75, 3.05) is 13.7 Å². The number of nitrogens with one attached hydrogen (secondary N) is 1. The van der Waals surface area contributed by atoms with Crippen molar-refractivity contribution in [1.82, 2.24) is 5.32 Å². The SMILES string of the molecule is CCCCC(NCCc1ccccc1)C(=O)OC. The monoisotopic (exact) mass is 249 g/mol. The van der Waals surface area contributed by atoms with Crippen LogP contribution in [0.2, 0.25) is 0 Å². The number of benzene rings is 1. The minimum absolute atomic E-state index is 0.156. The summed E-state index contributed by atoms with van der Waals surface area (Å²) in [7, 11) is 1.44. The van der Waals surface area contributed by atoms with Crippen LogP contribution in [0.3, 0.4) is 0 Å². The van der Waals surface area contributed by atoms with Crippen LogP contribution in [0.4, 0.5) is 0 Å². The molecule has 3 nitrogen and oxygen atoms in total. The summed E-state index contributed by atoms with van der Waals surface area (Å²) in [6.45, 7) is 2.92. The summed E-state index contributed by atoms with van der Waals surface area (Å²) in [6.07, 6.45) is 3.91. The van der Waals surface area contributed by atoms with Gasteiger partial charge in [-0.1, -0.05) is 50.1 Å². The first-order chi connectivity index (χ1) is 8.77. The smallest absolute Gasteiger partial charge is 0.322 e. The fourth-order valence-corrected chi connectivity index (χ4v) is 1.89. The molecule has 0 radical (unpaired) electrons. The number of esters is 1. The zero-order valence-electron chi connectivity index (χ0n) is 11.3. The van der Waals surface area contributed by atoms with Gasteiger partial charge < -0.3 is 10.1 Å². The van der Waals surface area contributed by atoms with Crippen molar-refractivity contribution < 1.29 is 9.53 Å². The largest absolute Gasteiger partial charge is 0.468 e. The van der Waals surface area contributed by atoms with Crippen LogP contribution >= 0.6 is 0 Å². The van der Waals surface area contributed by atoms with Gasteiger partial charge in [0, 0.05) is 0 Å². The predicted octanol–water partition coefficient (Wildman–Crippen LogP) is 2.55. The molecule has 0 bridgehead atoms. The second kappa shape index (κ2) is 8.70. The van der Waals surface area contributed by atoms with E-state index in [9.17, 15) is 4.79 Å². The van der Waals surface area contributed by atoms with E-state index in [4.69, 9.17) is 4.74 Å². The van der Waals surface area contributed by atoms with Crippen LogP contribution in [0, 0.1) is 0 Å². The molecule has 1 aromatic rings. The molecule has 0 aromatic heterocycles. The Bertz CT molecular complexity index is 338. The number of ether oxygens (including phenoxy) is 1. The Labute approximate surface area is 110 Å². The minimum atomic E-state index is -0.168. The standard InChI is InChI=1S/C15H23NO2/c1-3-4-10-14(15(17)18-2)16-12-11-13-8-6-5-7-9-13/h5-9,14,16H,3-4,10-12H2,1-2H3. The molecule has 1 atom stereocenters. The first-order valence-electron chi connectivity index (χ1n) is 6.63. The van der Waals surface area contributed by atoms with Crippen LogP contribution in [0.25, 0.3) is 0 Å². The van der Waals surface area contributed by atoms with Gasteiger partial charge in [-0.15, -0.1) is 0 Å². The highest BCUT2D eigenvalue weighted by atomic mass is 16.5. The van der Waals surface area contributed by atoms with Crippen LogP contribution in [0.1, 0.15) is 31.7 Å². The lowest BCUT2D eigenvalue weighted by atomic mass is 10.1. The highest BCUT2D eigenvalue weighted by Gasteiger charge is 2.17. The molecule has 1 N–H and O–H groups in total. The lowest BCUT2D eigenvalue weighted by molar-refractivity contribution is -0.143. The average molecular weight is 249 g/mol. The number of unbranched alkanes of at least 4 members (excludes halogenated alkanes) is 1. The topological polar surface area (TPSA) is 38.3 Å². The maximum Gasteiger partial charge on any atom is 0.322 e. The number of methoxy groups -OCH3 is 1. The van der Waals surface area contributed by atoms with Gasteiger partial charge in [0.25, 0.3) is 0 Å². The Kier molecular flexibility index (Phi) is 7.11. The molecule has 0 amide bonds. The van der Waals surface area contributed by atoms with E-state index in [2.05, 4.69) is 24.4 Å². The van der Waals surface area contributed by atoms with Gasteiger partial charge in [-0.2, -0.15) is 0 Å². The molecule has 0 fully saturated rings. The van der Waals surface area contributed by atoms with Gasteiger partial charge in [-0.3, -0.25) is 4.79 Å². The number of hydrogen-bond donors (Lipinski definition) is 1. The molecule has 1 aromatic carbocycles. The molecule has 1 rings (SSSR count). The average Bonchev–Trinajstić information content (AvgIpc) is 2.43. The van der Waals surface area contributed by atoms with Crippen LogP contribution in [0.15, 0.2) is 30.3 Å². The molecule has 0 saturated carbocycles. The fourth-order valence-electron chi connectivity index (χ4n) is 1.89. The highest BCUT2D eigenvalue weighted by Crippen LogP contribution is 2.04. The number of carbonyl (C=O) groups is 1. The Morgan fingerprint density at radius 1 is 1.33 bits per heavy atom. The number of carbonyl (C=O) groups excluding carboxylic acids is 1. The lowest BCUT2D eigenvalue weighted by Crippen LogP contribution is -2.38. The Hall–Kier alpha value is -1.35. The second-order valence-corrected chi connectivity index (χ2v) is 4.41. The summed E-state index contributed by atoms with van der Waals surface area (Å²) < 4.78 is 4.81. The quantitative estimate of drug-likeness (QED) is 0.720. The molecule has 1 unspecified atom stereocenters. The summed E-state index contributed by atoms with van der Waals surface area (Å²) >= 11 is 0.